The average Bonchev–Trinajstić information content (AvgIpc) is 2.49. The highest BCUT2D eigenvalue weighted by Gasteiger charge is 2.21. The van der Waals surface area contributed by atoms with E-state index >= 15 is 0 Å². The van der Waals surface area contributed by atoms with Crippen LogP contribution in [-0.2, 0) is 10.8 Å². The van der Waals surface area contributed by atoms with Crippen molar-refractivity contribution in [3.05, 3.63) is 41.2 Å². The van der Waals surface area contributed by atoms with Crippen molar-refractivity contribution in [2.45, 2.75) is 18.9 Å². The average molecular weight is 323 g/mol. The molecule has 110 valence electrons. The predicted octanol–water partition coefficient (Wildman–Crippen LogP) is 2.53. The van der Waals surface area contributed by atoms with E-state index < -0.39 is 10.8 Å². The van der Waals surface area contributed by atoms with Gasteiger partial charge in [0.1, 0.15) is 10.8 Å². The van der Waals surface area contributed by atoms with E-state index in [0.717, 1.165) is 23.6 Å². The number of carbonyl (C=O) groups excluding carboxylic acids is 1. The third-order valence-corrected chi connectivity index (χ3v) is 5.32. The third-order valence-electron chi connectivity index (χ3n) is 3.65. The number of hydrogen-bond donors (Lipinski definition) is 1. The second-order valence-electron chi connectivity index (χ2n) is 5.12. The fourth-order valence-corrected chi connectivity index (χ4v) is 4.03. The predicted molar refractivity (Wildman–Crippen MR) is 85.1 cm³/mol. The number of carbonyl (C=O) groups is 1. The molecule has 3 rings (SSSR count). The smallest absolute Gasteiger partial charge is 0.270 e. The van der Waals surface area contributed by atoms with Crippen molar-refractivity contribution in [3.63, 3.8) is 0 Å². The molecular weight excluding hydrogens is 308 g/mol. The Hall–Kier alpha value is -1.46. The molecule has 1 aliphatic rings. The van der Waals surface area contributed by atoms with Gasteiger partial charge in [-0.15, -0.1) is 0 Å². The summed E-state index contributed by atoms with van der Waals surface area (Å²) >= 11 is 6.14. The molecule has 2 heterocycles. The molecule has 0 radical (unpaired) electrons. The minimum Gasteiger partial charge on any atom is -0.348 e. The van der Waals surface area contributed by atoms with Crippen LogP contribution in [0.25, 0.3) is 10.8 Å². The monoisotopic (exact) mass is 322 g/mol. The second kappa shape index (κ2) is 6.12. The van der Waals surface area contributed by atoms with Crippen LogP contribution in [0.5, 0.6) is 0 Å². The molecule has 0 aliphatic carbocycles. The first-order valence-electron chi connectivity index (χ1n) is 6.84. The van der Waals surface area contributed by atoms with Gasteiger partial charge in [-0.05, 0) is 24.3 Å². The largest absolute Gasteiger partial charge is 0.348 e. The van der Waals surface area contributed by atoms with Gasteiger partial charge in [0, 0.05) is 33.7 Å². The molecule has 1 amide bonds. The number of halogens is 1. The number of amides is 1. The molecule has 1 aromatic carbocycles. The maximum absolute atomic E-state index is 12.3. The summed E-state index contributed by atoms with van der Waals surface area (Å²) in [7, 11) is -0.730. The molecular formula is C15H15ClN2O2S. The van der Waals surface area contributed by atoms with E-state index in [4.69, 9.17) is 11.6 Å². The zero-order chi connectivity index (χ0) is 14.8. The van der Waals surface area contributed by atoms with Crippen molar-refractivity contribution >= 4 is 39.1 Å². The summed E-state index contributed by atoms with van der Waals surface area (Å²) in [6, 6.07) is 9.39. The van der Waals surface area contributed by atoms with Crippen LogP contribution in [0.1, 0.15) is 23.3 Å². The van der Waals surface area contributed by atoms with Gasteiger partial charge in [0.25, 0.3) is 5.91 Å². The summed E-state index contributed by atoms with van der Waals surface area (Å²) < 4.78 is 11.3. The maximum atomic E-state index is 12.3. The molecule has 1 aromatic heterocycles. The van der Waals surface area contributed by atoms with Crippen LogP contribution in [0.15, 0.2) is 30.3 Å². The van der Waals surface area contributed by atoms with E-state index in [-0.39, 0.29) is 11.9 Å². The summed E-state index contributed by atoms with van der Waals surface area (Å²) in [5.74, 6) is 1.08. The summed E-state index contributed by atoms with van der Waals surface area (Å²) in [5.41, 5.74) is 0.324. The number of rotatable bonds is 2. The topological polar surface area (TPSA) is 59.1 Å². The molecule has 1 aliphatic heterocycles. The minimum atomic E-state index is -0.730. The fourth-order valence-electron chi connectivity index (χ4n) is 2.47. The molecule has 0 unspecified atom stereocenters. The molecule has 0 bridgehead atoms. The van der Waals surface area contributed by atoms with E-state index in [2.05, 4.69) is 10.3 Å². The van der Waals surface area contributed by atoms with E-state index in [1.54, 1.807) is 6.07 Å². The second-order valence-corrected chi connectivity index (χ2v) is 7.17. The lowest BCUT2D eigenvalue weighted by Crippen LogP contribution is -2.39. The Morgan fingerprint density at radius 3 is 2.76 bits per heavy atom. The molecule has 0 saturated carbocycles. The van der Waals surface area contributed by atoms with Crippen molar-refractivity contribution in [3.8, 4) is 0 Å². The van der Waals surface area contributed by atoms with Crippen LogP contribution < -0.4 is 5.32 Å². The molecule has 6 heteroatoms. The van der Waals surface area contributed by atoms with Gasteiger partial charge in [-0.25, -0.2) is 4.98 Å². The first-order valence-corrected chi connectivity index (χ1v) is 8.71. The maximum Gasteiger partial charge on any atom is 0.270 e. The summed E-state index contributed by atoms with van der Waals surface area (Å²) in [6.45, 7) is 0. The van der Waals surface area contributed by atoms with E-state index in [9.17, 15) is 9.00 Å². The van der Waals surface area contributed by atoms with Crippen LogP contribution in [0, 0.1) is 0 Å². The number of hydrogen-bond acceptors (Lipinski definition) is 3. The van der Waals surface area contributed by atoms with Gasteiger partial charge < -0.3 is 5.32 Å². The fraction of sp³-hybridized carbons (Fsp3) is 0.333. The van der Waals surface area contributed by atoms with Crippen LogP contribution in [0.3, 0.4) is 0 Å². The Balaban J connectivity index is 1.80. The van der Waals surface area contributed by atoms with Gasteiger partial charge in [-0.1, -0.05) is 35.9 Å². The summed E-state index contributed by atoms with van der Waals surface area (Å²) in [4.78, 5) is 16.5. The first-order chi connectivity index (χ1) is 10.1. The lowest BCUT2D eigenvalue weighted by molar-refractivity contribution is 0.0929. The highest BCUT2D eigenvalue weighted by molar-refractivity contribution is 7.85. The number of benzene rings is 1. The zero-order valence-corrected chi connectivity index (χ0v) is 12.9. The van der Waals surface area contributed by atoms with Gasteiger partial charge in [0.15, 0.2) is 0 Å². The quantitative estimate of drug-likeness (QED) is 0.864. The van der Waals surface area contributed by atoms with Crippen LogP contribution in [0.4, 0.5) is 0 Å². The van der Waals surface area contributed by atoms with Crippen molar-refractivity contribution in [1.29, 1.82) is 0 Å². The number of aromatic nitrogens is 1. The number of fused-ring (bicyclic) bond motifs is 1. The minimum absolute atomic E-state index is 0.0715. The Kier molecular flexibility index (Phi) is 4.22. The highest BCUT2D eigenvalue weighted by Crippen LogP contribution is 2.22. The zero-order valence-electron chi connectivity index (χ0n) is 11.3. The van der Waals surface area contributed by atoms with Gasteiger partial charge in [-0.3, -0.25) is 9.00 Å². The highest BCUT2D eigenvalue weighted by atomic mass is 35.5. The Morgan fingerprint density at radius 2 is 2.00 bits per heavy atom. The molecule has 0 atom stereocenters. The molecule has 0 spiro atoms. The number of nitrogens with zero attached hydrogens (tertiary/aromatic N) is 1. The van der Waals surface area contributed by atoms with E-state index in [0.29, 0.717) is 22.4 Å². The van der Waals surface area contributed by atoms with Crippen molar-refractivity contribution in [2.24, 2.45) is 0 Å². The van der Waals surface area contributed by atoms with Crippen LogP contribution in [0.2, 0.25) is 5.15 Å². The molecule has 1 N–H and O–H groups in total. The van der Waals surface area contributed by atoms with Gasteiger partial charge in [0.05, 0.1) is 0 Å². The van der Waals surface area contributed by atoms with Gasteiger partial charge >= 0.3 is 0 Å². The summed E-state index contributed by atoms with van der Waals surface area (Å²) in [5, 5.41) is 5.02. The van der Waals surface area contributed by atoms with Crippen LogP contribution >= 0.6 is 11.6 Å². The first kappa shape index (κ1) is 14.5. The third kappa shape index (κ3) is 3.24. The normalized spacial score (nSPS) is 22.1. The standard InChI is InChI=1S/C15H15ClN2O2S/c16-14-12-4-2-1-3-10(12)9-13(18-14)15(19)17-11-5-7-21(20)8-6-11/h1-4,9,11H,5-8H2,(H,17,19). The van der Waals surface area contributed by atoms with Crippen molar-refractivity contribution in [1.82, 2.24) is 10.3 Å². The van der Waals surface area contributed by atoms with Crippen molar-refractivity contribution < 1.29 is 9.00 Å². The summed E-state index contributed by atoms with van der Waals surface area (Å²) in [6.07, 6.45) is 1.50. The number of nitrogens with one attached hydrogen (secondary N) is 1. The lowest BCUT2D eigenvalue weighted by atomic mass is 10.1. The molecule has 2 aromatic rings. The Morgan fingerprint density at radius 1 is 1.29 bits per heavy atom. The molecule has 1 saturated heterocycles. The lowest BCUT2D eigenvalue weighted by Gasteiger charge is -2.22. The number of pyridine rings is 1. The van der Waals surface area contributed by atoms with E-state index in [1.165, 1.54) is 0 Å². The molecule has 1 fully saturated rings. The van der Waals surface area contributed by atoms with Crippen molar-refractivity contribution in [2.75, 3.05) is 11.5 Å². The van der Waals surface area contributed by atoms with Gasteiger partial charge in [0.2, 0.25) is 0 Å². The van der Waals surface area contributed by atoms with Crippen LogP contribution in [-0.4, -0.2) is 32.6 Å². The SMILES string of the molecule is O=C(NC1CCS(=O)CC1)c1cc2ccccc2c(Cl)n1. The Labute approximate surface area is 130 Å². The van der Waals surface area contributed by atoms with Gasteiger partial charge in [-0.2, -0.15) is 0 Å². The Bertz CT molecular complexity index is 710. The molecule has 21 heavy (non-hydrogen) atoms. The van der Waals surface area contributed by atoms with E-state index in [1.807, 2.05) is 24.3 Å². The molecule has 4 nitrogen and oxygen atoms in total.